The molecule has 122 valence electrons. The van der Waals surface area contributed by atoms with Gasteiger partial charge in [-0.05, 0) is 18.1 Å². The molecule has 1 aromatic carbocycles. The Bertz CT molecular complexity index is 592. The molecule has 2 aromatic rings. The number of carbonyl (C=O) groups excluding carboxylic acids is 1. The van der Waals surface area contributed by atoms with Gasteiger partial charge in [0.2, 0.25) is 0 Å². The Balaban J connectivity index is 1.67. The second-order valence-electron chi connectivity index (χ2n) is 5.08. The van der Waals surface area contributed by atoms with E-state index in [1.165, 1.54) is 6.20 Å². The third-order valence-electron chi connectivity index (χ3n) is 3.31. The smallest absolute Gasteiger partial charge is 0.407 e. The Kier molecular flexibility index (Phi) is 6.53. The number of nitrogens with zero attached hydrogens (tertiary/aromatic N) is 1. The molecule has 1 aromatic heterocycles. The monoisotopic (exact) mass is 316 g/mol. The molecule has 0 fully saturated rings. The first-order valence-electron chi connectivity index (χ1n) is 7.37. The number of ether oxygens (including phenoxy) is 1. The van der Waals surface area contributed by atoms with Crippen molar-refractivity contribution in [3.8, 4) is 0 Å². The molecular weight excluding hydrogens is 296 g/mol. The van der Waals surface area contributed by atoms with Crippen molar-refractivity contribution in [1.82, 2.24) is 10.3 Å². The number of benzene rings is 1. The normalized spacial score (nSPS) is 13.1. The molecule has 3 N–H and O–H groups in total. The molecule has 2 atom stereocenters. The van der Waals surface area contributed by atoms with Gasteiger partial charge >= 0.3 is 6.09 Å². The summed E-state index contributed by atoms with van der Waals surface area (Å²) < 4.78 is 5.05. The molecule has 2 rings (SSSR count). The summed E-state index contributed by atoms with van der Waals surface area (Å²) in [6.45, 7) is 0.389. The van der Waals surface area contributed by atoms with E-state index in [-0.39, 0.29) is 19.6 Å². The van der Waals surface area contributed by atoms with Crippen LogP contribution < -0.4 is 5.32 Å². The van der Waals surface area contributed by atoms with E-state index in [0.717, 1.165) is 5.56 Å². The van der Waals surface area contributed by atoms with Gasteiger partial charge in [-0.15, -0.1) is 0 Å². The van der Waals surface area contributed by atoms with Gasteiger partial charge in [0.25, 0.3) is 0 Å². The summed E-state index contributed by atoms with van der Waals surface area (Å²) in [6.07, 6.45) is 0.704. The van der Waals surface area contributed by atoms with E-state index in [4.69, 9.17) is 4.74 Å². The molecule has 6 nitrogen and oxygen atoms in total. The van der Waals surface area contributed by atoms with Gasteiger partial charge < -0.3 is 20.3 Å². The van der Waals surface area contributed by atoms with Gasteiger partial charge in [0.15, 0.2) is 0 Å². The molecule has 0 bridgehead atoms. The van der Waals surface area contributed by atoms with Crippen LogP contribution in [0.4, 0.5) is 4.79 Å². The topological polar surface area (TPSA) is 91.7 Å². The molecule has 6 heteroatoms. The van der Waals surface area contributed by atoms with Crippen molar-refractivity contribution in [2.24, 2.45) is 0 Å². The molecule has 0 aliphatic carbocycles. The number of rotatable bonds is 7. The Morgan fingerprint density at radius 2 is 1.96 bits per heavy atom. The van der Waals surface area contributed by atoms with Crippen molar-refractivity contribution >= 4 is 6.09 Å². The Morgan fingerprint density at radius 1 is 1.17 bits per heavy atom. The lowest BCUT2D eigenvalue weighted by Crippen LogP contribution is -2.29. The van der Waals surface area contributed by atoms with E-state index in [2.05, 4.69) is 10.3 Å². The van der Waals surface area contributed by atoms with Gasteiger partial charge in [-0.1, -0.05) is 36.4 Å². The molecule has 0 aliphatic heterocycles. The molecule has 23 heavy (non-hydrogen) atoms. The minimum atomic E-state index is -1.04. The first-order chi connectivity index (χ1) is 11.2. The molecule has 1 amide bonds. The van der Waals surface area contributed by atoms with Crippen molar-refractivity contribution in [3.63, 3.8) is 0 Å². The van der Waals surface area contributed by atoms with Crippen LogP contribution in [-0.2, 0) is 11.3 Å². The van der Waals surface area contributed by atoms with Gasteiger partial charge in [-0.2, -0.15) is 0 Å². The van der Waals surface area contributed by atoms with E-state index >= 15 is 0 Å². The highest BCUT2D eigenvalue weighted by molar-refractivity contribution is 5.67. The van der Waals surface area contributed by atoms with Crippen molar-refractivity contribution in [1.29, 1.82) is 0 Å². The van der Waals surface area contributed by atoms with Crippen LogP contribution in [0.15, 0.2) is 54.9 Å². The third kappa shape index (κ3) is 5.69. The largest absolute Gasteiger partial charge is 0.445 e. The number of pyridine rings is 1. The number of nitrogens with one attached hydrogen (secondary N) is 1. The highest BCUT2D eigenvalue weighted by Gasteiger charge is 2.18. The Labute approximate surface area is 134 Å². The zero-order chi connectivity index (χ0) is 16.5. The number of hydrogen-bond acceptors (Lipinski definition) is 5. The fourth-order valence-corrected chi connectivity index (χ4v) is 2.03. The highest BCUT2D eigenvalue weighted by atomic mass is 16.5. The van der Waals surface area contributed by atoms with Crippen LogP contribution in [0.1, 0.15) is 23.7 Å². The van der Waals surface area contributed by atoms with Gasteiger partial charge in [0.1, 0.15) is 12.7 Å². The fourth-order valence-electron chi connectivity index (χ4n) is 2.03. The van der Waals surface area contributed by atoms with Crippen LogP contribution in [0, 0.1) is 0 Å². The zero-order valence-corrected chi connectivity index (χ0v) is 12.6. The Hall–Kier alpha value is -2.44. The summed E-state index contributed by atoms with van der Waals surface area (Å²) in [5, 5.41) is 22.4. The predicted octanol–water partition coefficient (Wildman–Crippen LogP) is 1.79. The zero-order valence-electron chi connectivity index (χ0n) is 12.6. The lowest BCUT2D eigenvalue weighted by atomic mass is 10.0. The van der Waals surface area contributed by atoms with Crippen LogP contribution in [0.3, 0.4) is 0 Å². The average molecular weight is 316 g/mol. The lowest BCUT2D eigenvalue weighted by molar-refractivity contribution is 0.0134. The number of aromatic nitrogens is 1. The van der Waals surface area contributed by atoms with Crippen LogP contribution >= 0.6 is 0 Å². The number of aliphatic hydroxyl groups is 2. The summed E-state index contributed by atoms with van der Waals surface area (Å²) in [7, 11) is 0. The van der Waals surface area contributed by atoms with Crippen molar-refractivity contribution in [3.05, 3.63) is 66.0 Å². The SMILES string of the molecule is O=C(NCCC(O)C(O)c1cccnc1)OCc1ccccc1. The quantitative estimate of drug-likeness (QED) is 0.724. The molecule has 2 unspecified atom stereocenters. The van der Waals surface area contributed by atoms with Crippen molar-refractivity contribution < 1.29 is 19.7 Å². The second-order valence-corrected chi connectivity index (χ2v) is 5.08. The number of hydrogen-bond donors (Lipinski definition) is 3. The minimum Gasteiger partial charge on any atom is -0.445 e. The summed E-state index contributed by atoms with van der Waals surface area (Å²) in [5.74, 6) is 0. The van der Waals surface area contributed by atoms with Crippen LogP contribution in [0.5, 0.6) is 0 Å². The van der Waals surface area contributed by atoms with Crippen LogP contribution in [-0.4, -0.2) is 33.9 Å². The lowest BCUT2D eigenvalue weighted by Gasteiger charge is -2.17. The van der Waals surface area contributed by atoms with E-state index in [9.17, 15) is 15.0 Å². The van der Waals surface area contributed by atoms with Gasteiger partial charge in [0.05, 0.1) is 6.10 Å². The minimum absolute atomic E-state index is 0.188. The van der Waals surface area contributed by atoms with E-state index in [0.29, 0.717) is 5.56 Å². The maximum atomic E-state index is 11.6. The average Bonchev–Trinajstić information content (AvgIpc) is 2.61. The molecular formula is C17H20N2O4. The first kappa shape index (κ1) is 16.9. The predicted molar refractivity (Wildman–Crippen MR) is 84.5 cm³/mol. The second kappa shape index (κ2) is 8.87. The van der Waals surface area contributed by atoms with Crippen LogP contribution in [0.2, 0.25) is 0 Å². The van der Waals surface area contributed by atoms with Crippen molar-refractivity contribution in [2.45, 2.75) is 25.2 Å². The first-order valence-corrected chi connectivity index (χ1v) is 7.37. The highest BCUT2D eigenvalue weighted by Crippen LogP contribution is 2.17. The molecule has 0 radical (unpaired) electrons. The number of aliphatic hydroxyl groups excluding tert-OH is 2. The maximum Gasteiger partial charge on any atom is 0.407 e. The number of amides is 1. The maximum absolute atomic E-state index is 11.6. The fraction of sp³-hybridized carbons (Fsp3) is 0.294. The Morgan fingerprint density at radius 3 is 2.65 bits per heavy atom. The van der Waals surface area contributed by atoms with Gasteiger partial charge in [-0.25, -0.2) is 4.79 Å². The number of alkyl carbamates (subject to hydrolysis) is 1. The molecule has 1 heterocycles. The third-order valence-corrected chi connectivity index (χ3v) is 3.31. The van der Waals surface area contributed by atoms with E-state index in [1.54, 1.807) is 18.3 Å². The number of carbonyl (C=O) groups is 1. The summed E-state index contributed by atoms with van der Waals surface area (Å²) in [4.78, 5) is 15.4. The molecule has 0 aliphatic rings. The standard InChI is InChI=1S/C17H20N2O4/c20-15(16(21)14-7-4-9-18-11-14)8-10-19-17(22)23-12-13-5-2-1-3-6-13/h1-7,9,11,15-16,20-21H,8,10,12H2,(H,19,22). The van der Waals surface area contributed by atoms with E-state index < -0.39 is 18.3 Å². The summed E-state index contributed by atoms with van der Waals surface area (Å²) in [6, 6.07) is 12.7. The van der Waals surface area contributed by atoms with Crippen LogP contribution in [0.25, 0.3) is 0 Å². The molecule has 0 spiro atoms. The van der Waals surface area contributed by atoms with Crippen molar-refractivity contribution in [2.75, 3.05) is 6.54 Å². The van der Waals surface area contributed by atoms with E-state index in [1.807, 2.05) is 30.3 Å². The summed E-state index contributed by atoms with van der Waals surface area (Å²) >= 11 is 0. The van der Waals surface area contributed by atoms with Gasteiger partial charge in [-0.3, -0.25) is 4.98 Å². The van der Waals surface area contributed by atoms with Gasteiger partial charge in [0, 0.05) is 24.5 Å². The molecule has 0 saturated carbocycles. The molecule has 0 saturated heterocycles. The summed E-state index contributed by atoms with van der Waals surface area (Å²) in [5.41, 5.74) is 1.43.